The minimum atomic E-state index is -0.465. The van der Waals surface area contributed by atoms with Crippen LogP contribution in [0.4, 0.5) is 16.4 Å². The Morgan fingerprint density at radius 1 is 1.17 bits per heavy atom. The number of hydrogen-bond donors (Lipinski definition) is 2. The first-order valence-corrected chi connectivity index (χ1v) is 8.72. The van der Waals surface area contributed by atoms with E-state index in [9.17, 15) is 4.79 Å². The van der Waals surface area contributed by atoms with Gasteiger partial charge in [0.1, 0.15) is 23.6 Å². The third-order valence-corrected chi connectivity index (χ3v) is 4.02. The molecule has 1 saturated carbocycles. The van der Waals surface area contributed by atoms with Crippen LogP contribution in [0, 0.1) is 0 Å². The number of piperidine rings is 1. The van der Waals surface area contributed by atoms with Crippen molar-refractivity contribution < 1.29 is 9.53 Å². The number of likely N-dealkylation sites (tertiary alicyclic amines) is 1. The Morgan fingerprint density at radius 3 is 2.46 bits per heavy atom. The molecule has 1 saturated heterocycles. The molecule has 0 bridgehead atoms. The maximum atomic E-state index is 12.2. The second-order valence-corrected chi connectivity index (χ2v) is 7.62. The van der Waals surface area contributed by atoms with Gasteiger partial charge in [0.2, 0.25) is 0 Å². The van der Waals surface area contributed by atoms with Gasteiger partial charge in [-0.05, 0) is 46.5 Å². The van der Waals surface area contributed by atoms with Crippen LogP contribution in [0.3, 0.4) is 0 Å². The first kappa shape index (κ1) is 16.8. The fourth-order valence-electron chi connectivity index (χ4n) is 2.75. The van der Waals surface area contributed by atoms with E-state index in [0.29, 0.717) is 12.6 Å². The lowest BCUT2D eigenvalue weighted by Crippen LogP contribution is -2.47. The van der Waals surface area contributed by atoms with E-state index in [4.69, 9.17) is 4.74 Å². The predicted molar refractivity (Wildman–Crippen MR) is 93.1 cm³/mol. The summed E-state index contributed by atoms with van der Waals surface area (Å²) in [7, 11) is 0. The zero-order chi connectivity index (χ0) is 17.2. The molecule has 2 heterocycles. The molecule has 2 fully saturated rings. The average molecular weight is 333 g/mol. The van der Waals surface area contributed by atoms with Crippen LogP contribution in [0.1, 0.15) is 46.5 Å². The van der Waals surface area contributed by atoms with Gasteiger partial charge >= 0.3 is 6.09 Å². The average Bonchev–Trinajstić information content (AvgIpc) is 3.30. The van der Waals surface area contributed by atoms with Crippen LogP contribution in [0.25, 0.3) is 0 Å². The van der Waals surface area contributed by atoms with Crippen LogP contribution in [-0.2, 0) is 4.74 Å². The lowest BCUT2D eigenvalue weighted by Gasteiger charge is -2.34. The van der Waals surface area contributed by atoms with Gasteiger partial charge in [-0.2, -0.15) is 0 Å². The SMILES string of the molecule is CC(C)(C)OC(=O)N1CCCC(Nc2cc(NC3CC3)ncn2)C1. The number of ether oxygens (including phenoxy) is 1. The number of hydrogen-bond acceptors (Lipinski definition) is 6. The zero-order valence-electron chi connectivity index (χ0n) is 14.7. The summed E-state index contributed by atoms with van der Waals surface area (Å²) in [6.45, 7) is 7.04. The highest BCUT2D eigenvalue weighted by atomic mass is 16.6. The molecule has 132 valence electrons. The lowest BCUT2D eigenvalue weighted by atomic mass is 10.1. The number of aromatic nitrogens is 2. The van der Waals surface area contributed by atoms with Gasteiger partial charge in [0.15, 0.2) is 0 Å². The van der Waals surface area contributed by atoms with Crippen LogP contribution in [-0.4, -0.2) is 51.7 Å². The molecule has 1 aliphatic heterocycles. The smallest absolute Gasteiger partial charge is 0.410 e. The normalized spacial score (nSPS) is 21.3. The Kier molecular flexibility index (Phi) is 4.78. The summed E-state index contributed by atoms with van der Waals surface area (Å²) >= 11 is 0. The van der Waals surface area contributed by atoms with Crippen molar-refractivity contribution in [2.45, 2.75) is 64.1 Å². The van der Waals surface area contributed by atoms with Crippen molar-refractivity contribution in [3.63, 3.8) is 0 Å². The van der Waals surface area contributed by atoms with Gasteiger partial charge in [0, 0.05) is 31.2 Å². The van der Waals surface area contributed by atoms with Crippen LogP contribution in [0.2, 0.25) is 0 Å². The van der Waals surface area contributed by atoms with Crippen molar-refractivity contribution in [2.75, 3.05) is 23.7 Å². The quantitative estimate of drug-likeness (QED) is 0.882. The van der Waals surface area contributed by atoms with Gasteiger partial charge in [-0.15, -0.1) is 0 Å². The summed E-state index contributed by atoms with van der Waals surface area (Å²) in [6, 6.07) is 2.67. The second kappa shape index (κ2) is 6.83. The van der Waals surface area contributed by atoms with Gasteiger partial charge in [-0.1, -0.05) is 0 Å². The van der Waals surface area contributed by atoms with Gasteiger partial charge in [-0.3, -0.25) is 0 Å². The number of nitrogens with one attached hydrogen (secondary N) is 2. The molecule has 1 amide bonds. The summed E-state index contributed by atoms with van der Waals surface area (Å²) in [5.74, 6) is 1.65. The maximum absolute atomic E-state index is 12.2. The van der Waals surface area contributed by atoms with E-state index in [2.05, 4.69) is 20.6 Å². The molecule has 7 nitrogen and oxygen atoms in total. The van der Waals surface area contributed by atoms with Crippen molar-refractivity contribution in [3.05, 3.63) is 12.4 Å². The Morgan fingerprint density at radius 2 is 1.83 bits per heavy atom. The molecule has 24 heavy (non-hydrogen) atoms. The highest BCUT2D eigenvalue weighted by molar-refractivity contribution is 5.68. The largest absolute Gasteiger partial charge is 0.444 e. The summed E-state index contributed by atoms with van der Waals surface area (Å²) in [6.07, 6.45) is 5.71. The van der Waals surface area contributed by atoms with Crippen LogP contribution in [0.5, 0.6) is 0 Å². The van der Waals surface area contributed by atoms with Crippen LogP contribution >= 0.6 is 0 Å². The molecule has 1 aliphatic carbocycles. The molecule has 0 radical (unpaired) electrons. The van der Waals surface area contributed by atoms with Crippen molar-refractivity contribution in [3.8, 4) is 0 Å². The van der Waals surface area contributed by atoms with E-state index < -0.39 is 5.60 Å². The molecule has 1 unspecified atom stereocenters. The summed E-state index contributed by atoms with van der Waals surface area (Å²) in [4.78, 5) is 22.6. The first-order valence-electron chi connectivity index (χ1n) is 8.72. The molecular weight excluding hydrogens is 306 g/mol. The molecule has 0 spiro atoms. The van der Waals surface area contributed by atoms with E-state index >= 15 is 0 Å². The summed E-state index contributed by atoms with van der Waals surface area (Å²) < 4.78 is 5.47. The van der Waals surface area contributed by atoms with E-state index in [-0.39, 0.29) is 12.1 Å². The van der Waals surface area contributed by atoms with Crippen molar-refractivity contribution in [1.82, 2.24) is 14.9 Å². The monoisotopic (exact) mass is 333 g/mol. The third kappa shape index (κ3) is 4.97. The Balaban J connectivity index is 1.56. The third-order valence-electron chi connectivity index (χ3n) is 4.02. The van der Waals surface area contributed by atoms with E-state index in [0.717, 1.165) is 31.0 Å². The van der Waals surface area contributed by atoms with E-state index in [1.54, 1.807) is 11.2 Å². The Labute approximate surface area is 143 Å². The lowest BCUT2D eigenvalue weighted by molar-refractivity contribution is 0.0206. The van der Waals surface area contributed by atoms with E-state index in [1.807, 2.05) is 26.8 Å². The summed E-state index contributed by atoms with van der Waals surface area (Å²) in [5.41, 5.74) is -0.465. The fraction of sp³-hybridized carbons (Fsp3) is 0.706. The predicted octanol–water partition coefficient (Wildman–Crippen LogP) is 2.86. The number of rotatable bonds is 4. The minimum Gasteiger partial charge on any atom is -0.444 e. The van der Waals surface area contributed by atoms with Crippen LogP contribution < -0.4 is 10.6 Å². The minimum absolute atomic E-state index is 0.176. The number of amides is 1. The molecule has 1 aromatic rings. The van der Waals surface area contributed by atoms with Crippen molar-refractivity contribution in [2.24, 2.45) is 0 Å². The fourth-order valence-corrected chi connectivity index (χ4v) is 2.75. The Hall–Kier alpha value is -2.05. The molecule has 1 atom stereocenters. The molecule has 2 N–H and O–H groups in total. The van der Waals surface area contributed by atoms with Crippen molar-refractivity contribution in [1.29, 1.82) is 0 Å². The number of anilines is 2. The van der Waals surface area contributed by atoms with Crippen LogP contribution in [0.15, 0.2) is 12.4 Å². The molecule has 1 aromatic heterocycles. The standard InChI is InChI=1S/C17H27N5O2/c1-17(2,3)24-16(23)22-8-4-5-13(10-22)21-15-9-14(18-11-19-15)20-12-6-7-12/h9,11-13H,4-8,10H2,1-3H3,(H2,18,19,20,21). The van der Waals surface area contributed by atoms with Crippen molar-refractivity contribution >= 4 is 17.7 Å². The first-order chi connectivity index (χ1) is 11.4. The molecule has 7 heteroatoms. The molecular formula is C17H27N5O2. The number of carbonyl (C=O) groups is 1. The topological polar surface area (TPSA) is 79.4 Å². The maximum Gasteiger partial charge on any atom is 0.410 e. The Bertz CT molecular complexity index is 583. The summed E-state index contributed by atoms with van der Waals surface area (Å²) in [5, 5.41) is 6.79. The van der Waals surface area contributed by atoms with Gasteiger partial charge in [0.25, 0.3) is 0 Å². The second-order valence-electron chi connectivity index (χ2n) is 7.62. The molecule has 3 rings (SSSR count). The van der Waals surface area contributed by atoms with Gasteiger partial charge in [0.05, 0.1) is 0 Å². The molecule has 0 aromatic carbocycles. The number of nitrogens with zero attached hydrogens (tertiary/aromatic N) is 3. The van der Waals surface area contributed by atoms with Gasteiger partial charge in [-0.25, -0.2) is 14.8 Å². The van der Waals surface area contributed by atoms with E-state index in [1.165, 1.54) is 12.8 Å². The zero-order valence-corrected chi connectivity index (χ0v) is 14.7. The highest BCUT2D eigenvalue weighted by Crippen LogP contribution is 2.24. The molecule has 2 aliphatic rings. The highest BCUT2D eigenvalue weighted by Gasteiger charge is 2.28. The number of carbonyl (C=O) groups excluding carboxylic acids is 1. The van der Waals surface area contributed by atoms with Gasteiger partial charge < -0.3 is 20.3 Å².